The summed E-state index contributed by atoms with van der Waals surface area (Å²) in [7, 11) is 0. The maximum absolute atomic E-state index is 13.7. The Morgan fingerprint density at radius 2 is 1.88 bits per heavy atom. The molecule has 0 unspecified atom stereocenters. The van der Waals surface area contributed by atoms with Crippen molar-refractivity contribution in [2.24, 2.45) is 5.92 Å². The van der Waals surface area contributed by atoms with Gasteiger partial charge >= 0.3 is 0 Å². The van der Waals surface area contributed by atoms with Gasteiger partial charge in [0.1, 0.15) is 5.82 Å². The summed E-state index contributed by atoms with van der Waals surface area (Å²) < 4.78 is 13.7. The van der Waals surface area contributed by atoms with Gasteiger partial charge < -0.3 is 10.6 Å². The number of rotatable bonds is 5. The number of hydrogen-bond acceptors (Lipinski definition) is 2. The first kappa shape index (κ1) is 17.9. The molecule has 0 radical (unpaired) electrons. The van der Waals surface area contributed by atoms with E-state index in [1.165, 1.54) is 12.1 Å². The summed E-state index contributed by atoms with van der Waals surface area (Å²) in [5.74, 6) is 0.244. The van der Waals surface area contributed by atoms with Gasteiger partial charge in [0.05, 0.1) is 0 Å². The van der Waals surface area contributed by atoms with Crippen molar-refractivity contribution in [2.45, 2.75) is 25.7 Å². The Labute approximate surface area is 152 Å². The smallest absolute Gasteiger partial charge is 0.224 e. The van der Waals surface area contributed by atoms with Gasteiger partial charge in [0.2, 0.25) is 5.91 Å². The SMILES string of the molecule is O=C(CCC1CCNCC1)Nc1ccc(F)cc1-c1ccc(Cl)cc1. The highest BCUT2D eigenvalue weighted by Crippen LogP contribution is 2.30. The highest BCUT2D eigenvalue weighted by Gasteiger charge is 2.15. The number of piperidine rings is 1. The Bertz CT molecular complexity index is 727. The van der Waals surface area contributed by atoms with Crippen LogP contribution in [0.1, 0.15) is 25.7 Å². The maximum Gasteiger partial charge on any atom is 0.224 e. The van der Waals surface area contributed by atoms with Crippen LogP contribution >= 0.6 is 11.6 Å². The van der Waals surface area contributed by atoms with E-state index in [1.807, 2.05) is 12.1 Å². The number of hydrogen-bond donors (Lipinski definition) is 2. The van der Waals surface area contributed by atoms with E-state index in [-0.39, 0.29) is 11.7 Å². The molecule has 1 amide bonds. The second-order valence-corrected chi connectivity index (χ2v) is 6.91. The summed E-state index contributed by atoms with van der Waals surface area (Å²) in [5, 5.41) is 6.89. The molecule has 3 rings (SSSR count). The van der Waals surface area contributed by atoms with Gasteiger partial charge in [-0.25, -0.2) is 4.39 Å². The molecule has 2 aromatic rings. The fraction of sp³-hybridized carbons (Fsp3) is 0.350. The maximum atomic E-state index is 13.7. The average Bonchev–Trinajstić information content (AvgIpc) is 2.63. The molecule has 1 aliphatic heterocycles. The lowest BCUT2D eigenvalue weighted by atomic mass is 9.93. The van der Waals surface area contributed by atoms with Gasteiger partial charge in [-0.2, -0.15) is 0 Å². The highest BCUT2D eigenvalue weighted by molar-refractivity contribution is 6.30. The van der Waals surface area contributed by atoms with Gasteiger partial charge in [0, 0.05) is 22.7 Å². The van der Waals surface area contributed by atoms with Gasteiger partial charge in [-0.15, -0.1) is 0 Å². The van der Waals surface area contributed by atoms with E-state index < -0.39 is 0 Å². The Kier molecular flexibility index (Phi) is 6.05. The van der Waals surface area contributed by atoms with E-state index in [9.17, 15) is 9.18 Å². The lowest BCUT2D eigenvalue weighted by molar-refractivity contribution is -0.116. The van der Waals surface area contributed by atoms with Gasteiger partial charge in [-0.1, -0.05) is 23.7 Å². The zero-order chi connectivity index (χ0) is 17.6. The molecule has 1 saturated heterocycles. The molecule has 1 heterocycles. The van der Waals surface area contributed by atoms with E-state index >= 15 is 0 Å². The van der Waals surface area contributed by atoms with Crippen molar-refractivity contribution in [3.05, 3.63) is 53.3 Å². The molecule has 0 bridgehead atoms. The van der Waals surface area contributed by atoms with E-state index in [0.717, 1.165) is 37.9 Å². The van der Waals surface area contributed by atoms with Crippen LogP contribution in [0.2, 0.25) is 5.02 Å². The molecular formula is C20H22ClFN2O. The van der Waals surface area contributed by atoms with Gasteiger partial charge in [-0.05, 0) is 74.2 Å². The van der Waals surface area contributed by atoms with Crippen molar-refractivity contribution in [3.8, 4) is 11.1 Å². The second kappa shape index (κ2) is 8.45. The second-order valence-electron chi connectivity index (χ2n) is 6.48. The van der Waals surface area contributed by atoms with Crippen molar-refractivity contribution in [3.63, 3.8) is 0 Å². The number of carbonyl (C=O) groups excluding carboxylic acids is 1. The number of carbonyl (C=O) groups is 1. The summed E-state index contributed by atoms with van der Waals surface area (Å²) in [6.07, 6.45) is 3.63. The number of anilines is 1. The van der Waals surface area contributed by atoms with Crippen LogP contribution in [0.25, 0.3) is 11.1 Å². The quantitative estimate of drug-likeness (QED) is 0.799. The molecule has 25 heavy (non-hydrogen) atoms. The molecule has 3 nitrogen and oxygen atoms in total. The predicted molar refractivity (Wildman–Crippen MR) is 100 cm³/mol. The van der Waals surface area contributed by atoms with Crippen molar-refractivity contribution < 1.29 is 9.18 Å². The Morgan fingerprint density at radius 1 is 1.16 bits per heavy atom. The van der Waals surface area contributed by atoms with E-state index in [0.29, 0.717) is 28.6 Å². The van der Waals surface area contributed by atoms with E-state index in [4.69, 9.17) is 11.6 Å². The number of benzene rings is 2. The molecule has 2 aromatic carbocycles. The standard InChI is InChI=1S/C20H22ClFN2O/c21-16-4-2-15(3-5-16)18-13-17(22)6-7-19(18)24-20(25)8-1-14-9-11-23-12-10-14/h2-7,13-14,23H,1,8-12H2,(H,24,25). The average molecular weight is 361 g/mol. The zero-order valence-electron chi connectivity index (χ0n) is 14.0. The summed E-state index contributed by atoms with van der Waals surface area (Å²) >= 11 is 5.92. The molecule has 5 heteroatoms. The number of amides is 1. The molecule has 0 aliphatic carbocycles. The van der Waals surface area contributed by atoms with Crippen LogP contribution in [0.3, 0.4) is 0 Å². The van der Waals surface area contributed by atoms with E-state index in [2.05, 4.69) is 10.6 Å². The van der Waals surface area contributed by atoms with Gasteiger partial charge in [-0.3, -0.25) is 4.79 Å². The molecule has 0 spiro atoms. The Balaban J connectivity index is 1.69. The lowest BCUT2D eigenvalue weighted by Gasteiger charge is -2.22. The summed E-state index contributed by atoms with van der Waals surface area (Å²) in [5.41, 5.74) is 2.10. The minimum absolute atomic E-state index is 0.0274. The molecule has 1 aliphatic rings. The third-order valence-electron chi connectivity index (χ3n) is 4.65. The Hall–Kier alpha value is -1.91. The summed E-state index contributed by atoms with van der Waals surface area (Å²) in [6, 6.07) is 11.6. The predicted octanol–water partition coefficient (Wildman–Crippen LogP) is 4.86. The summed E-state index contributed by atoms with van der Waals surface area (Å²) in [6.45, 7) is 2.07. The topological polar surface area (TPSA) is 41.1 Å². The first-order chi connectivity index (χ1) is 12.1. The zero-order valence-corrected chi connectivity index (χ0v) is 14.8. The monoisotopic (exact) mass is 360 g/mol. The number of nitrogens with one attached hydrogen (secondary N) is 2. The largest absolute Gasteiger partial charge is 0.326 e. The third-order valence-corrected chi connectivity index (χ3v) is 4.90. The Morgan fingerprint density at radius 3 is 2.60 bits per heavy atom. The first-order valence-electron chi connectivity index (χ1n) is 8.68. The van der Waals surface area contributed by atoms with Gasteiger partial charge in [0.15, 0.2) is 0 Å². The highest BCUT2D eigenvalue weighted by atomic mass is 35.5. The van der Waals surface area contributed by atoms with Crippen LogP contribution in [0.15, 0.2) is 42.5 Å². The van der Waals surface area contributed by atoms with E-state index in [1.54, 1.807) is 18.2 Å². The normalized spacial score (nSPS) is 15.1. The molecule has 2 N–H and O–H groups in total. The van der Waals surface area contributed by atoms with Crippen molar-refractivity contribution in [1.82, 2.24) is 5.32 Å². The van der Waals surface area contributed by atoms with Crippen LogP contribution in [-0.2, 0) is 4.79 Å². The molecular weight excluding hydrogens is 339 g/mol. The number of halogens is 2. The molecule has 0 saturated carbocycles. The van der Waals surface area contributed by atoms with Crippen LogP contribution in [0.5, 0.6) is 0 Å². The van der Waals surface area contributed by atoms with Crippen molar-refractivity contribution >= 4 is 23.2 Å². The van der Waals surface area contributed by atoms with Crippen LogP contribution < -0.4 is 10.6 Å². The van der Waals surface area contributed by atoms with Gasteiger partial charge in [0.25, 0.3) is 0 Å². The molecule has 0 atom stereocenters. The van der Waals surface area contributed by atoms with Crippen LogP contribution in [0.4, 0.5) is 10.1 Å². The first-order valence-corrected chi connectivity index (χ1v) is 9.05. The van der Waals surface area contributed by atoms with Crippen molar-refractivity contribution in [2.75, 3.05) is 18.4 Å². The fourth-order valence-corrected chi connectivity index (χ4v) is 3.34. The lowest BCUT2D eigenvalue weighted by Crippen LogP contribution is -2.28. The molecule has 132 valence electrons. The summed E-state index contributed by atoms with van der Waals surface area (Å²) in [4.78, 5) is 12.3. The molecule has 1 fully saturated rings. The fourth-order valence-electron chi connectivity index (χ4n) is 3.21. The van der Waals surface area contributed by atoms with Crippen LogP contribution in [-0.4, -0.2) is 19.0 Å². The van der Waals surface area contributed by atoms with Crippen molar-refractivity contribution in [1.29, 1.82) is 0 Å². The third kappa shape index (κ3) is 5.03. The molecule has 0 aromatic heterocycles. The van der Waals surface area contributed by atoms with Crippen LogP contribution in [0, 0.1) is 11.7 Å². The minimum atomic E-state index is -0.336. The minimum Gasteiger partial charge on any atom is -0.326 e.